The van der Waals surface area contributed by atoms with Crippen molar-refractivity contribution in [2.24, 2.45) is 0 Å². The van der Waals surface area contributed by atoms with Crippen molar-refractivity contribution in [3.8, 4) is 0 Å². The first-order chi connectivity index (χ1) is 10.8. The van der Waals surface area contributed by atoms with Crippen LogP contribution in [0.15, 0.2) is 45.9 Å². The molecule has 0 bridgehead atoms. The van der Waals surface area contributed by atoms with Crippen molar-refractivity contribution >= 4 is 109 Å². The first-order valence-electron chi connectivity index (χ1n) is 6.42. The van der Waals surface area contributed by atoms with Crippen LogP contribution in [0, 0.1) is 11.6 Å². The van der Waals surface area contributed by atoms with Gasteiger partial charge in [0.25, 0.3) is 0 Å². The van der Waals surface area contributed by atoms with E-state index in [4.69, 9.17) is 11.6 Å². The molecule has 0 fully saturated rings. The molecule has 0 spiro atoms. The molecule has 122 valence electrons. The number of ketones is 1. The summed E-state index contributed by atoms with van der Waals surface area (Å²) in [5.74, 6) is -1.35. The molecule has 2 rings (SSSR count). The van der Waals surface area contributed by atoms with Gasteiger partial charge < -0.3 is 5.32 Å². The molecule has 1 N–H and O–H groups in total. The standard InChI is InChI=1S/C16H11BrClF2NOS.K.H/c1-8(22)14(10-6-5-9(19)7-11(10)17)16(23)21-15-12(18)3-2-4-13(15)20;;/h2-7,21,23H,1H3;;/b16-14-;;. The molecule has 0 radical (unpaired) electrons. The Morgan fingerprint density at radius 3 is 2.46 bits per heavy atom. The Balaban J connectivity index is 0.00000288. The van der Waals surface area contributed by atoms with E-state index in [9.17, 15) is 13.6 Å². The Kier molecular flexibility index (Phi) is 9.13. The van der Waals surface area contributed by atoms with Crippen molar-refractivity contribution in [1.29, 1.82) is 0 Å². The van der Waals surface area contributed by atoms with Crippen LogP contribution in [0.4, 0.5) is 14.5 Å². The van der Waals surface area contributed by atoms with Crippen LogP contribution in [0.25, 0.3) is 5.57 Å². The van der Waals surface area contributed by atoms with E-state index < -0.39 is 11.6 Å². The van der Waals surface area contributed by atoms with Gasteiger partial charge in [-0.2, -0.15) is 0 Å². The number of hydrogen-bond acceptors (Lipinski definition) is 3. The minimum atomic E-state index is -0.579. The zero-order chi connectivity index (χ0) is 17.1. The maximum atomic E-state index is 13.9. The second-order valence-electron chi connectivity index (χ2n) is 4.63. The average Bonchev–Trinajstić information content (AvgIpc) is 2.45. The summed E-state index contributed by atoms with van der Waals surface area (Å²) in [5, 5.41) is 2.96. The molecule has 0 saturated heterocycles. The van der Waals surface area contributed by atoms with Crippen molar-refractivity contribution in [2.45, 2.75) is 6.92 Å². The molecule has 8 heteroatoms. The van der Waals surface area contributed by atoms with Crippen LogP contribution >= 0.6 is 40.2 Å². The number of benzene rings is 2. The molecule has 2 nitrogen and oxygen atoms in total. The average molecular weight is 459 g/mol. The SMILES string of the molecule is CC(=O)/C(=C(/S)Nc1c(F)cccc1Cl)c1ccc(F)cc1Br.[KH]. The summed E-state index contributed by atoms with van der Waals surface area (Å²) in [4.78, 5) is 12.0. The first-order valence-corrected chi connectivity index (χ1v) is 8.03. The van der Waals surface area contributed by atoms with E-state index >= 15 is 0 Å². The molecule has 2 aromatic carbocycles. The molecule has 0 atom stereocenters. The summed E-state index contributed by atoms with van der Waals surface area (Å²) in [6.45, 7) is 1.34. The number of rotatable bonds is 4. The topological polar surface area (TPSA) is 29.1 Å². The van der Waals surface area contributed by atoms with Crippen LogP contribution in [-0.2, 0) is 4.79 Å². The number of Topliss-reactive ketones (excluding diaryl/α,β-unsaturated/α-hetero) is 1. The third-order valence-electron chi connectivity index (χ3n) is 3.00. The molecular weight excluding hydrogens is 447 g/mol. The van der Waals surface area contributed by atoms with Crippen LogP contribution in [0.1, 0.15) is 12.5 Å². The molecular formula is C16H12BrClF2KNOS. The number of allylic oxidation sites excluding steroid dienone is 1. The fourth-order valence-corrected chi connectivity index (χ4v) is 3.12. The normalized spacial score (nSPS) is 11.4. The Bertz CT molecular complexity index is 796. The number of carbonyl (C=O) groups excluding carboxylic acids is 1. The fourth-order valence-electron chi connectivity index (χ4n) is 1.97. The Morgan fingerprint density at radius 1 is 1.25 bits per heavy atom. The summed E-state index contributed by atoms with van der Waals surface area (Å²) < 4.78 is 27.5. The maximum absolute atomic E-state index is 13.9. The Hall–Kier alpha value is 0.266. The number of para-hydroxylation sites is 1. The van der Waals surface area contributed by atoms with E-state index in [1.54, 1.807) is 0 Å². The van der Waals surface area contributed by atoms with E-state index in [0.29, 0.717) is 10.0 Å². The predicted octanol–water partition coefficient (Wildman–Crippen LogP) is 5.03. The van der Waals surface area contributed by atoms with Gasteiger partial charge in [0.2, 0.25) is 0 Å². The van der Waals surface area contributed by atoms with Crippen molar-refractivity contribution in [2.75, 3.05) is 5.32 Å². The van der Waals surface area contributed by atoms with E-state index in [0.717, 1.165) is 0 Å². The van der Waals surface area contributed by atoms with Gasteiger partial charge >= 0.3 is 51.4 Å². The number of nitrogens with one attached hydrogen (secondary N) is 1. The molecule has 0 saturated carbocycles. The van der Waals surface area contributed by atoms with Gasteiger partial charge in [0, 0.05) is 10.0 Å². The monoisotopic (exact) mass is 457 g/mol. The summed E-state index contributed by atoms with van der Waals surface area (Å²) in [7, 11) is 0. The summed E-state index contributed by atoms with van der Waals surface area (Å²) >= 11 is 13.4. The van der Waals surface area contributed by atoms with Crippen LogP contribution in [-0.4, -0.2) is 57.2 Å². The zero-order valence-corrected chi connectivity index (χ0v) is 15.1. The third-order valence-corrected chi connectivity index (χ3v) is 4.30. The molecule has 0 unspecified atom stereocenters. The summed E-state index contributed by atoms with van der Waals surface area (Å²) in [5.41, 5.74) is 0.625. The predicted molar refractivity (Wildman–Crippen MR) is 103 cm³/mol. The number of hydrogen-bond donors (Lipinski definition) is 2. The van der Waals surface area contributed by atoms with Gasteiger partial charge in [0.1, 0.15) is 11.6 Å². The number of anilines is 1. The van der Waals surface area contributed by atoms with Gasteiger partial charge in [-0.25, -0.2) is 8.78 Å². The minimum absolute atomic E-state index is 0. The van der Waals surface area contributed by atoms with Crippen LogP contribution in [0.5, 0.6) is 0 Å². The van der Waals surface area contributed by atoms with E-state index in [2.05, 4.69) is 33.9 Å². The number of thiol groups is 1. The molecule has 0 heterocycles. The van der Waals surface area contributed by atoms with E-state index in [-0.39, 0.29) is 78.5 Å². The second kappa shape index (κ2) is 9.82. The van der Waals surface area contributed by atoms with Gasteiger partial charge in [0.15, 0.2) is 5.78 Å². The number of carbonyl (C=O) groups is 1. The van der Waals surface area contributed by atoms with Crippen molar-refractivity contribution in [3.63, 3.8) is 0 Å². The third kappa shape index (κ3) is 5.38. The van der Waals surface area contributed by atoms with Crippen LogP contribution < -0.4 is 5.32 Å². The second-order valence-corrected chi connectivity index (χ2v) is 6.33. The summed E-state index contributed by atoms with van der Waals surface area (Å²) in [6.07, 6.45) is 0. The van der Waals surface area contributed by atoms with Gasteiger partial charge in [-0.1, -0.05) is 39.7 Å². The summed E-state index contributed by atoms with van der Waals surface area (Å²) in [6, 6.07) is 8.10. The van der Waals surface area contributed by atoms with Gasteiger partial charge in [0.05, 0.1) is 21.3 Å². The fraction of sp³-hybridized carbons (Fsp3) is 0.0625. The number of halogens is 4. The van der Waals surface area contributed by atoms with Crippen molar-refractivity contribution in [3.05, 3.63) is 68.1 Å². The first kappa shape index (κ1) is 22.3. The quantitative estimate of drug-likeness (QED) is 0.382. The zero-order valence-electron chi connectivity index (χ0n) is 11.8. The molecule has 2 aromatic rings. The molecule has 0 aliphatic rings. The van der Waals surface area contributed by atoms with Gasteiger partial charge in [-0.15, -0.1) is 12.6 Å². The van der Waals surface area contributed by atoms with Gasteiger partial charge in [-0.05, 0) is 31.2 Å². The molecule has 0 aliphatic heterocycles. The van der Waals surface area contributed by atoms with Crippen molar-refractivity contribution < 1.29 is 13.6 Å². The Morgan fingerprint density at radius 2 is 1.92 bits per heavy atom. The van der Waals surface area contributed by atoms with E-state index in [1.165, 1.54) is 43.3 Å². The van der Waals surface area contributed by atoms with Crippen molar-refractivity contribution in [1.82, 2.24) is 0 Å². The van der Waals surface area contributed by atoms with E-state index in [1.807, 2.05) is 0 Å². The van der Waals surface area contributed by atoms with Crippen LogP contribution in [0.2, 0.25) is 5.02 Å². The van der Waals surface area contributed by atoms with Gasteiger partial charge in [-0.3, -0.25) is 4.79 Å². The molecule has 0 aromatic heterocycles. The molecule has 24 heavy (non-hydrogen) atoms. The van der Waals surface area contributed by atoms with Crippen LogP contribution in [0.3, 0.4) is 0 Å². The molecule has 0 amide bonds. The Labute approximate surface area is 200 Å². The molecule has 0 aliphatic carbocycles.